The lowest BCUT2D eigenvalue weighted by molar-refractivity contribution is -0.126. The minimum absolute atomic E-state index is 0.0391. The van der Waals surface area contributed by atoms with Gasteiger partial charge in [0.2, 0.25) is 5.91 Å². The molecule has 0 saturated carbocycles. The van der Waals surface area contributed by atoms with Gasteiger partial charge in [0.15, 0.2) is 0 Å². The average molecular weight is 254 g/mol. The number of primary amides is 1. The van der Waals surface area contributed by atoms with Crippen molar-refractivity contribution in [2.45, 2.75) is 32.4 Å². The zero-order valence-electron chi connectivity index (χ0n) is 11.2. The summed E-state index contributed by atoms with van der Waals surface area (Å²) in [5.41, 5.74) is 4.95. The van der Waals surface area contributed by atoms with Crippen molar-refractivity contribution in [1.29, 1.82) is 0 Å². The van der Waals surface area contributed by atoms with Crippen LogP contribution in [0.4, 0.5) is 4.79 Å². The first-order valence-electron chi connectivity index (χ1n) is 6.41. The minimum Gasteiger partial charge on any atom is -0.351 e. The summed E-state index contributed by atoms with van der Waals surface area (Å²) in [4.78, 5) is 24.8. The fourth-order valence-electron chi connectivity index (χ4n) is 3.48. The van der Waals surface area contributed by atoms with Gasteiger partial charge in [-0.15, -0.1) is 0 Å². The quantitative estimate of drug-likeness (QED) is 0.620. The molecule has 2 heterocycles. The summed E-state index contributed by atoms with van der Waals surface area (Å²) in [6.07, 6.45) is 0. The van der Waals surface area contributed by atoms with Crippen molar-refractivity contribution in [3.63, 3.8) is 0 Å². The Bertz CT molecular complexity index is 369. The highest BCUT2D eigenvalue weighted by Gasteiger charge is 2.51. The first-order valence-corrected chi connectivity index (χ1v) is 6.41. The van der Waals surface area contributed by atoms with Gasteiger partial charge >= 0.3 is 6.03 Å². The molecule has 2 fully saturated rings. The Morgan fingerprint density at radius 2 is 2.11 bits per heavy atom. The summed E-state index contributed by atoms with van der Waals surface area (Å²) >= 11 is 0. The van der Waals surface area contributed by atoms with Crippen LogP contribution in [-0.4, -0.2) is 48.1 Å². The van der Waals surface area contributed by atoms with Crippen molar-refractivity contribution in [2.24, 2.45) is 17.6 Å². The predicted octanol–water partition coefficient (Wildman–Crippen LogP) is -0.500. The number of fused-ring (bicyclic) bond motifs is 1. The lowest BCUT2D eigenvalue weighted by atomic mass is 9.84. The van der Waals surface area contributed by atoms with E-state index in [1.807, 2.05) is 6.92 Å². The molecule has 0 aromatic carbocycles. The first kappa shape index (κ1) is 13.3. The summed E-state index contributed by atoms with van der Waals surface area (Å²) < 4.78 is 0. The number of carbonyl (C=O) groups excluding carboxylic acids is 2. The topological polar surface area (TPSA) is 87.5 Å². The van der Waals surface area contributed by atoms with Crippen LogP contribution >= 0.6 is 0 Å². The van der Waals surface area contributed by atoms with Crippen LogP contribution in [0.5, 0.6) is 0 Å². The number of carbonyl (C=O) groups is 2. The first-order chi connectivity index (χ1) is 8.34. The average Bonchev–Trinajstić information content (AvgIpc) is 2.79. The third kappa shape index (κ3) is 2.10. The molecule has 3 atom stereocenters. The van der Waals surface area contributed by atoms with Crippen LogP contribution in [0.25, 0.3) is 0 Å². The van der Waals surface area contributed by atoms with Gasteiger partial charge in [-0.25, -0.2) is 4.79 Å². The summed E-state index contributed by atoms with van der Waals surface area (Å²) in [5, 5.41) is 5.57. The number of urea groups is 1. The minimum atomic E-state index is -0.786. The highest BCUT2D eigenvalue weighted by molar-refractivity contribution is 5.96. The van der Waals surface area contributed by atoms with Crippen LogP contribution in [0.1, 0.15) is 20.8 Å². The zero-order chi connectivity index (χ0) is 13.5. The van der Waals surface area contributed by atoms with Gasteiger partial charge in [0, 0.05) is 18.6 Å². The zero-order valence-corrected chi connectivity index (χ0v) is 11.2. The number of hydrogen-bond donors (Lipinski definition) is 3. The van der Waals surface area contributed by atoms with E-state index in [0.29, 0.717) is 11.8 Å². The maximum Gasteiger partial charge on any atom is 0.318 e. The fraction of sp³-hybridized carbons (Fsp3) is 0.833. The third-order valence-electron chi connectivity index (χ3n) is 4.51. The van der Waals surface area contributed by atoms with E-state index in [0.717, 1.165) is 19.6 Å². The maximum absolute atomic E-state index is 11.9. The van der Waals surface area contributed by atoms with E-state index in [1.54, 1.807) is 0 Å². The van der Waals surface area contributed by atoms with Gasteiger partial charge in [-0.05, 0) is 39.2 Å². The number of hydrogen-bond acceptors (Lipinski definition) is 4. The Morgan fingerprint density at radius 3 is 2.67 bits per heavy atom. The third-order valence-corrected chi connectivity index (χ3v) is 4.51. The summed E-state index contributed by atoms with van der Waals surface area (Å²) in [7, 11) is 0. The van der Waals surface area contributed by atoms with Gasteiger partial charge in [-0.2, -0.15) is 0 Å². The van der Waals surface area contributed by atoms with E-state index in [4.69, 9.17) is 5.73 Å². The molecule has 3 amide bonds. The van der Waals surface area contributed by atoms with Gasteiger partial charge < -0.3 is 11.1 Å². The molecule has 4 N–H and O–H groups in total. The second-order valence-corrected chi connectivity index (χ2v) is 5.86. The molecule has 3 unspecified atom stereocenters. The standard InChI is InChI=1S/C12H22N4O2/c1-7(10(17)15-11(13)18)16-6-8-4-14-5-9(8)12(16,2)3/h7-9,14H,4-6H2,1-3H3,(H3,13,15,17,18). The van der Waals surface area contributed by atoms with Gasteiger partial charge in [-0.3, -0.25) is 15.0 Å². The molecule has 0 aromatic rings. The molecule has 0 radical (unpaired) electrons. The highest BCUT2D eigenvalue weighted by Crippen LogP contribution is 2.41. The number of nitrogens with zero attached hydrogens (tertiary/aromatic N) is 1. The van der Waals surface area contributed by atoms with Crippen molar-refractivity contribution in [2.75, 3.05) is 19.6 Å². The van der Waals surface area contributed by atoms with Crippen LogP contribution in [0.3, 0.4) is 0 Å². The van der Waals surface area contributed by atoms with Gasteiger partial charge in [0.05, 0.1) is 6.04 Å². The van der Waals surface area contributed by atoms with E-state index < -0.39 is 6.03 Å². The van der Waals surface area contributed by atoms with Crippen molar-refractivity contribution in [3.05, 3.63) is 0 Å². The van der Waals surface area contributed by atoms with Crippen LogP contribution in [-0.2, 0) is 4.79 Å². The predicted molar refractivity (Wildman–Crippen MR) is 67.8 cm³/mol. The Hall–Kier alpha value is -1.14. The SMILES string of the molecule is CC(C(=O)NC(N)=O)N1CC2CNCC2C1(C)C. The van der Waals surface area contributed by atoms with Gasteiger partial charge in [0.25, 0.3) is 0 Å². The van der Waals surface area contributed by atoms with Crippen LogP contribution in [0.15, 0.2) is 0 Å². The molecular formula is C12H22N4O2. The molecule has 0 aliphatic carbocycles. The molecular weight excluding hydrogens is 232 g/mol. The number of nitrogens with one attached hydrogen (secondary N) is 2. The number of likely N-dealkylation sites (tertiary alicyclic amines) is 1. The summed E-state index contributed by atoms with van der Waals surface area (Å²) in [6, 6.07) is -1.12. The van der Waals surface area contributed by atoms with Crippen LogP contribution in [0.2, 0.25) is 0 Å². The Morgan fingerprint density at radius 1 is 1.44 bits per heavy atom. The molecule has 0 aromatic heterocycles. The normalized spacial score (nSPS) is 31.9. The van der Waals surface area contributed by atoms with Crippen molar-refractivity contribution in [1.82, 2.24) is 15.5 Å². The number of rotatable bonds is 2. The molecule has 0 spiro atoms. The largest absolute Gasteiger partial charge is 0.351 e. The highest BCUT2D eigenvalue weighted by atomic mass is 16.2. The van der Waals surface area contributed by atoms with E-state index in [-0.39, 0.29) is 17.5 Å². The molecule has 0 bridgehead atoms. The van der Waals surface area contributed by atoms with E-state index in [9.17, 15) is 9.59 Å². The van der Waals surface area contributed by atoms with Crippen molar-refractivity contribution in [3.8, 4) is 0 Å². The molecule has 2 saturated heterocycles. The monoisotopic (exact) mass is 254 g/mol. The Balaban J connectivity index is 2.09. The lowest BCUT2D eigenvalue weighted by Crippen LogP contribution is -2.55. The van der Waals surface area contributed by atoms with Gasteiger partial charge in [0.1, 0.15) is 0 Å². The molecule has 102 valence electrons. The molecule has 2 rings (SSSR count). The molecule has 2 aliphatic rings. The second kappa shape index (κ2) is 4.51. The van der Waals surface area contributed by atoms with Crippen LogP contribution < -0.4 is 16.4 Å². The van der Waals surface area contributed by atoms with Crippen LogP contribution in [0, 0.1) is 11.8 Å². The number of imide groups is 1. The number of amides is 3. The van der Waals surface area contributed by atoms with E-state index in [1.165, 1.54) is 0 Å². The maximum atomic E-state index is 11.9. The smallest absolute Gasteiger partial charge is 0.318 e. The van der Waals surface area contributed by atoms with Crippen molar-refractivity contribution < 1.29 is 9.59 Å². The molecule has 6 heteroatoms. The molecule has 6 nitrogen and oxygen atoms in total. The second-order valence-electron chi connectivity index (χ2n) is 5.86. The summed E-state index contributed by atoms with van der Waals surface area (Å²) in [6.45, 7) is 9.05. The Kier molecular flexibility index (Phi) is 3.33. The van der Waals surface area contributed by atoms with E-state index in [2.05, 4.69) is 29.4 Å². The van der Waals surface area contributed by atoms with Gasteiger partial charge in [-0.1, -0.05) is 0 Å². The number of nitrogens with two attached hydrogens (primary N) is 1. The lowest BCUT2D eigenvalue weighted by Gasteiger charge is -2.38. The molecule has 2 aliphatic heterocycles. The summed E-state index contributed by atoms with van der Waals surface area (Å²) in [5.74, 6) is 0.827. The fourth-order valence-corrected chi connectivity index (χ4v) is 3.48. The van der Waals surface area contributed by atoms with Crippen molar-refractivity contribution >= 4 is 11.9 Å². The molecule has 18 heavy (non-hydrogen) atoms. The van der Waals surface area contributed by atoms with E-state index >= 15 is 0 Å². The Labute approximate surface area is 107 Å².